The summed E-state index contributed by atoms with van der Waals surface area (Å²) in [5.41, 5.74) is 0. The van der Waals surface area contributed by atoms with E-state index in [2.05, 4.69) is 29.4 Å². The van der Waals surface area contributed by atoms with Crippen molar-refractivity contribution in [2.24, 2.45) is 5.92 Å². The first-order valence-electron chi connectivity index (χ1n) is 7.84. The fourth-order valence-corrected chi connectivity index (χ4v) is 3.01. The Morgan fingerprint density at radius 1 is 1.45 bits per heavy atom. The summed E-state index contributed by atoms with van der Waals surface area (Å²) in [6.45, 7) is 10.5. The largest absolute Gasteiger partial charge is 0.383 e. The molecule has 1 fully saturated rings. The SMILES string of the molecule is CCNC1CCN(CC(=O)NC(C)COC)CC1CC. The number of likely N-dealkylation sites (tertiary alicyclic amines) is 1. The minimum absolute atomic E-state index is 0.0776. The van der Waals surface area contributed by atoms with Crippen molar-refractivity contribution in [3.05, 3.63) is 0 Å². The highest BCUT2D eigenvalue weighted by atomic mass is 16.5. The molecule has 118 valence electrons. The smallest absolute Gasteiger partial charge is 0.234 e. The van der Waals surface area contributed by atoms with Crippen molar-refractivity contribution in [1.82, 2.24) is 15.5 Å². The van der Waals surface area contributed by atoms with Crippen LogP contribution >= 0.6 is 0 Å². The maximum Gasteiger partial charge on any atom is 0.234 e. The Balaban J connectivity index is 2.36. The summed E-state index contributed by atoms with van der Waals surface area (Å²) < 4.78 is 5.03. The Morgan fingerprint density at radius 3 is 2.80 bits per heavy atom. The Labute approximate surface area is 123 Å². The molecule has 5 heteroatoms. The van der Waals surface area contributed by atoms with Crippen LogP contribution < -0.4 is 10.6 Å². The van der Waals surface area contributed by atoms with Gasteiger partial charge in [-0.2, -0.15) is 0 Å². The highest BCUT2D eigenvalue weighted by Gasteiger charge is 2.28. The molecule has 5 nitrogen and oxygen atoms in total. The molecule has 0 aromatic rings. The maximum absolute atomic E-state index is 12.0. The molecule has 3 unspecified atom stereocenters. The van der Waals surface area contributed by atoms with Crippen LogP contribution in [0.5, 0.6) is 0 Å². The third-order valence-corrected chi connectivity index (χ3v) is 4.00. The fourth-order valence-electron chi connectivity index (χ4n) is 3.01. The summed E-state index contributed by atoms with van der Waals surface area (Å²) in [6.07, 6.45) is 2.29. The molecule has 1 amide bonds. The number of hydrogen-bond donors (Lipinski definition) is 2. The molecule has 20 heavy (non-hydrogen) atoms. The molecule has 0 bridgehead atoms. The van der Waals surface area contributed by atoms with E-state index in [-0.39, 0.29) is 11.9 Å². The van der Waals surface area contributed by atoms with Gasteiger partial charge in [0.1, 0.15) is 0 Å². The number of piperidine rings is 1. The molecule has 0 radical (unpaired) electrons. The first-order chi connectivity index (χ1) is 9.60. The number of hydrogen-bond acceptors (Lipinski definition) is 4. The lowest BCUT2D eigenvalue weighted by Crippen LogP contribution is -2.52. The molecule has 1 saturated heterocycles. The topological polar surface area (TPSA) is 53.6 Å². The van der Waals surface area contributed by atoms with Crippen molar-refractivity contribution in [3.8, 4) is 0 Å². The summed E-state index contributed by atoms with van der Waals surface area (Å²) in [5.74, 6) is 0.749. The van der Waals surface area contributed by atoms with Gasteiger partial charge in [-0.1, -0.05) is 20.3 Å². The van der Waals surface area contributed by atoms with E-state index >= 15 is 0 Å². The van der Waals surface area contributed by atoms with Gasteiger partial charge in [-0.05, 0) is 25.8 Å². The van der Waals surface area contributed by atoms with Gasteiger partial charge in [0.2, 0.25) is 5.91 Å². The molecule has 1 aliphatic heterocycles. The molecule has 0 spiro atoms. The van der Waals surface area contributed by atoms with E-state index in [0.29, 0.717) is 25.1 Å². The summed E-state index contributed by atoms with van der Waals surface area (Å²) >= 11 is 0. The second-order valence-corrected chi connectivity index (χ2v) is 5.78. The lowest BCUT2D eigenvalue weighted by Gasteiger charge is -2.38. The van der Waals surface area contributed by atoms with Crippen LogP contribution in [0.1, 0.15) is 33.6 Å². The van der Waals surface area contributed by atoms with E-state index < -0.39 is 0 Å². The molecule has 0 aromatic carbocycles. The first kappa shape index (κ1) is 17.4. The maximum atomic E-state index is 12.0. The number of carbonyl (C=O) groups excluding carboxylic acids is 1. The highest BCUT2D eigenvalue weighted by Crippen LogP contribution is 2.19. The zero-order chi connectivity index (χ0) is 15.0. The van der Waals surface area contributed by atoms with Crippen LogP contribution in [-0.4, -0.2) is 62.8 Å². The van der Waals surface area contributed by atoms with Crippen LogP contribution in [0, 0.1) is 5.92 Å². The van der Waals surface area contributed by atoms with Crippen molar-refractivity contribution in [2.75, 3.05) is 39.9 Å². The highest BCUT2D eigenvalue weighted by molar-refractivity contribution is 5.78. The third-order valence-electron chi connectivity index (χ3n) is 4.00. The third kappa shape index (κ3) is 5.77. The molecular weight excluding hydrogens is 254 g/mol. The van der Waals surface area contributed by atoms with Gasteiger partial charge in [0.15, 0.2) is 0 Å². The van der Waals surface area contributed by atoms with Crippen LogP contribution in [0.15, 0.2) is 0 Å². The van der Waals surface area contributed by atoms with E-state index in [9.17, 15) is 4.79 Å². The van der Waals surface area contributed by atoms with Gasteiger partial charge in [-0.3, -0.25) is 9.69 Å². The molecule has 0 saturated carbocycles. The molecule has 1 aliphatic rings. The Kier molecular flexibility index (Phi) is 8.11. The van der Waals surface area contributed by atoms with Crippen molar-refractivity contribution in [2.45, 2.75) is 45.7 Å². The van der Waals surface area contributed by atoms with E-state index in [1.165, 1.54) is 0 Å². The molecule has 0 aliphatic carbocycles. The summed E-state index contributed by atoms with van der Waals surface area (Å²) in [6, 6.07) is 0.686. The number of carbonyl (C=O) groups is 1. The molecule has 0 aromatic heterocycles. The minimum Gasteiger partial charge on any atom is -0.383 e. The van der Waals surface area contributed by atoms with Gasteiger partial charge in [0.05, 0.1) is 13.2 Å². The Hall–Kier alpha value is -0.650. The van der Waals surface area contributed by atoms with Gasteiger partial charge >= 0.3 is 0 Å². The van der Waals surface area contributed by atoms with Crippen LogP contribution in [0.25, 0.3) is 0 Å². The normalized spacial score (nSPS) is 25.4. The number of rotatable bonds is 8. The van der Waals surface area contributed by atoms with Crippen LogP contribution in [-0.2, 0) is 9.53 Å². The standard InChI is InChI=1S/C15H31N3O2/c1-5-13-9-18(8-7-14(13)16-6-2)10-15(19)17-12(3)11-20-4/h12-14,16H,5-11H2,1-4H3,(H,17,19). The average molecular weight is 285 g/mol. The second kappa shape index (κ2) is 9.32. The lowest BCUT2D eigenvalue weighted by atomic mass is 9.90. The van der Waals surface area contributed by atoms with Gasteiger partial charge in [-0.15, -0.1) is 0 Å². The number of methoxy groups -OCH3 is 1. The first-order valence-corrected chi connectivity index (χ1v) is 7.84. The molecular formula is C15H31N3O2. The predicted octanol–water partition coefficient (Wildman–Crippen LogP) is 0.848. The van der Waals surface area contributed by atoms with Crippen molar-refractivity contribution >= 4 is 5.91 Å². The number of nitrogens with one attached hydrogen (secondary N) is 2. The van der Waals surface area contributed by atoms with Crippen molar-refractivity contribution in [3.63, 3.8) is 0 Å². The number of nitrogens with zero attached hydrogens (tertiary/aromatic N) is 1. The molecule has 3 atom stereocenters. The molecule has 1 heterocycles. The molecule has 2 N–H and O–H groups in total. The van der Waals surface area contributed by atoms with Crippen LogP contribution in [0.4, 0.5) is 0 Å². The summed E-state index contributed by atoms with van der Waals surface area (Å²) in [5, 5.41) is 6.54. The summed E-state index contributed by atoms with van der Waals surface area (Å²) in [7, 11) is 1.65. The van der Waals surface area contributed by atoms with Gasteiger partial charge in [0, 0.05) is 32.3 Å². The van der Waals surface area contributed by atoms with E-state index in [0.717, 1.165) is 32.5 Å². The van der Waals surface area contributed by atoms with E-state index in [1.54, 1.807) is 7.11 Å². The van der Waals surface area contributed by atoms with Crippen molar-refractivity contribution in [1.29, 1.82) is 0 Å². The van der Waals surface area contributed by atoms with Crippen LogP contribution in [0.2, 0.25) is 0 Å². The van der Waals surface area contributed by atoms with Crippen LogP contribution in [0.3, 0.4) is 0 Å². The number of amides is 1. The second-order valence-electron chi connectivity index (χ2n) is 5.78. The molecule has 1 rings (SSSR count). The van der Waals surface area contributed by atoms with E-state index in [4.69, 9.17) is 4.74 Å². The zero-order valence-electron chi connectivity index (χ0n) is 13.4. The quantitative estimate of drug-likeness (QED) is 0.694. The predicted molar refractivity (Wildman–Crippen MR) is 81.8 cm³/mol. The van der Waals surface area contributed by atoms with Gasteiger partial charge in [0.25, 0.3) is 0 Å². The minimum atomic E-state index is 0.0776. The fraction of sp³-hybridized carbons (Fsp3) is 0.933. The average Bonchev–Trinajstić information content (AvgIpc) is 2.40. The lowest BCUT2D eigenvalue weighted by molar-refractivity contribution is -0.123. The van der Waals surface area contributed by atoms with E-state index in [1.807, 2.05) is 6.92 Å². The van der Waals surface area contributed by atoms with Crippen molar-refractivity contribution < 1.29 is 9.53 Å². The number of ether oxygens (including phenoxy) is 1. The Morgan fingerprint density at radius 2 is 2.20 bits per heavy atom. The van der Waals surface area contributed by atoms with Gasteiger partial charge in [-0.25, -0.2) is 0 Å². The monoisotopic (exact) mass is 285 g/mol. The van der Waals surface area contributed by atoms with Gasteiger partial charge < -0.3 is 15.4 Å². The summed E-state index contributed by atoms with van der Waals surface area (Å²) in [4.78, 5) is 14.2. The zero-order valence-corrected chi connectivity index (χ0v) is 13.4. The Bertz CT molecular complexity index is 286.